The highest BCUT2D eigenvalue weighted by atomic mass is 35.5. The van der Waals surface area contributed by atoms with Crippen LogP contribution in [0.25, 0.3) is 0 Å². The summed E-state index contributed by atoms with van der Waals surface area (Å²) in [6.07, 6.45) is 0.340. The van der Waals surface area contributed by atoms with E-state index in [9.17, 15) is 9.59 Å². The van der Waals surface area contributed by atoms with E-state index in [0.29, 0.717) is 35.3 Å². The summed E-state index contributed by atoms with van der Waals surface area (Å²) in [4.78, 5) is 28.1. The number of nitrogens with zero attached hydrogens (tertiary/aromatic N) is 3. The van der Waals surface area contributed by atoms with Crippen molar-refractivity contribution in [1.82, 2.24) is 10.2 Å². The van der Waals surface area contributed by atoms with Crippen LogP contribution < -0.4 is 10.2 Å². The van der Waals surface area contributed by atoms with Gasteiger partial charge >= 0.3 is 0 Å². The van der Waals surface area contributed by atoms with Crippen molar-refractivity contribution in [2.24, 2.45) is 0 Å². The molecule has 1 aliphatic heterocycles. The van der Waals surface area contributed by atoms with E-state index in [4.69, 9.17) is 16.3 Å². The first-order valence-corrected chi connectivity index (χ1v) is 12.6. The van der Waals surface area contributed by atoms with Gasteiger partial charge in [0.1, 0.15) is 5.01 Å². The van der Waals surface area contributed by atoms with E-state index >= 15 is 0 Å². The second-order valence-corrected chi connectivity index (χ2v) is 10.1. The number of thioether (sulfide) groups is 1. The summed E-state index contributed by atoms with van der Waals surface area (Å²) in [7, 11) is 1.65. The molecule has 1 saturated heterocycles. The summed E-state index contributed by atoms with van der Waals surface area (Å²) in [5.74, 6) is 0.444. The zero-order chi connectivity index (χ0) is 23.4. The van der Waals surface area contributed by atoms with Gasteiger partial charge in [-0.3, -0.25) is 14.9 Å². The highest BCUT2D eigenvalue weighted by Gasteiger charge is 2.34. The largest absolute Gasteiger partial charge is 0.384 e. The third kappa shape index (κ3) is 5.55. The molecule has 1 aliphatic rings. The second-order valence-electron chi connectivity index (χ2n) is 7.58. The van der Waals surface area contributed by atoms with Crippen molar-refractivity contribution in [3.05, 3.63) is 63.6 Å². The number of benzene rings is 2. The Kier molecular flexibility index (Phi) is 7.64. The molecule has 172 valence electrons. The topological polar surface area (TPSA) is 84.4 Å². The van der Waals surface area contributed by atoms with E-state index in [2.05, 4.69) is 15.5 Å². The molecule has 1 fully saturated rings. The zero-order valence-electron chi connectivity index (χ0n) is 18.2. The number of hydrogen-bond acceptors (Lipinski definition) is 7. The number of carbonyl (C=O) groups is 2. The van der Waals surface area contributed by atoms with E-state index in [1.165, 1.54) is 11.3 Å². The molecule has 33 heavy (non-hydrogen) atoms. The Morgan fingerprint density at radius 1 is 1.30 bits per heavy atom. The lowest BCUT2D eigenvalue weighted by molar-refractivity contribution is -0.117. The number of nitrogens with one attached hydrogen (secondary N) is 1. The van der Waals surface area contributed by atoms with Gasteiger partial charge < -0.3 is 9.64 Å². The fraction of sp³-hybridized carbons (Fsp3) is 0.304. The Balaban J connectivity index is 1.43. The number of anilines is 2. The number of rotatable bonds is 8. The Morgan fingerprint density at radius 3 is 2.91 bits per heavy atom. The number of methoxy groups -OCH3 is 1. The van der Waals surface area contributed by atoms with Gasteiger partial charge in [0.05, 0.1) is 12.2 Å². The normalized spacial score (nSPS) is 15.8. The first kappa shape index (κ1) is 23.7. The summed E-state index contributed by atoms with van der Waals surface area (Å²) >= 11 is 9.10. The highest BCUT2D eigenvalue weighted by molar-refractivity contribution is 7.99. The molecular weight excluding hydrogens is 480 g/mol. The minimum absolute atomic E-state index is 0.0164. The first-order chi connectivity index (χ1) is 16.0. The average molecular weight is 503 g/mol. The van der Waals surface area contributed by atoms with Crippen LogP contribution in [0.1, 0.15) is 33.3 Å². The Hall–Kier alpha value is -2.46. The smallest absolute Gasteiger partial charge is 0.258 e. The third-order valence-corrected chi connectivity index (χ3v) is 7.73. The predicted octanol–water partition coefficient (Wildman–Crippen LogP) is 5.01. The summed E-state index contributed by atoms with van der Waals surface area (Å²) < 4.78 is 5.09. The van der Waals surface area contributed by atoms with Gasteiger partial charge in [0, 0.05) is 47.4 Å². The molecule has 1 atom stereocenters. The monoisotopic (exact) mass is 502 g/mol. The Bertz CT molecular complexity index is 1170. The standard InChI is InChI=1S/C23H23ClN4O3S2/c1-14-7-8-16(12-18(14)24)28-13-15(11-20(28)29)22-26-27-23(33-22)25-21(30)17-5-3-4-6-19(17)32-10-9-31-2/h3-8,12,15H,9-11,13H2,1-2H3,(H,25,27,30). The molecule has 2 heterocycles. The molecule has 0 saturated carbocycles. The number of carbonyl (C=O) groups excluding carboxylic acids is 2. The van der Waals surface area contributed by atoms with E-state index in [1.54, 1.807) is 29.8 Å². The van der Waals surface area contributed by atoms with Crippen LogP contribution in [-0.4, -0.2) is 48.0 Å². The third-order valence-electron chi connectivity index (χ3n) is 5.28. The maximum absolute atomic E-state index is 12.9. The molecule has 1 aromatic heterocycles. The SMILES string of the molecule is COCCSc1ccccc1C(=O)Nc1nnc(C2CC(=O)N(c3ccc(C)c(Cl)c3)C2)s1. The van der Waals surface area contributed by atoms with Gasteiger partial charge in [-0.25, -0.2) is 0 Å². The van der Waals surface area contributed by atoms with Crippen LogP contribution in [0.5, 0.6) is 0 Å². The minimum atomic E-state index is -0.239. The van der Waals surface area contributed by atoms with Crippen LogP contribution >= 0.6 is 34.7 Å². The van der Waals surface area contributed by atoms with Crippen LogP contribution in [0.3, 0.4) is 0 Å². The number of halogens is 1. The van der Waals surface area contributed by atoms with Crippen LogP contribution in [0.15, 0.2) is 47.4 Å². The van der Waals surface area contributed by atoms with Crippen molar-refractivity contribution in [3.63, 3.8) is 0 Å². The van der Waals surface area contributed by atoms with Gasteiger partial charge in [-0.15, -0.1) is 22.0 Å². The molecule has 7 nitrogen and oxygen atoms in total. The number of aryl methyl sites for hydroxylation is 1. The van der Waals surface area contributed by atoms with Gasteiger partial charge in [0.15, 0.2) is 0 Å². The van der Waals surface area contributed by atoms with Crippen molar-refractivity contribution in [2.45, 2.75) is 24.2 Å². The van der Waals surface area contributed by atoms with Crippen molar-refractivity contribution < 1.29 is 14.3 Å². The molecule has 1 unspecified atom stereocenters. The molecule has 2 amide bonds. The lowest BCUT2D eigenvalue weighted by Gasteiger charge is -2.17. The van der Waals surface area contributed by atoms with E-state index < -0.39 is 0 Å². The number of ether oxygens (including phenoxy) is 1. The van der Waals surface area contributed by atoms with Gasteiger partial charge in [-0.1, -0.05) is 41.1 Å². The lowest BCUT2D eigenvalue weighted by atomic mass is 10.1. The molecule has 10 heteroatoms. The lowest BCUT2D eigenvalue weighted by Crippen LogP contribution is -2.24. The summed E-state index contributed by atoms with van der Waals surface area (Å²) in [6.45, 7) is 3.03. The van der Waals surface area contributed by atoms with Crippen molar-refractivity contribution >= 4 is 57.3 Å². The average Bonchev–Trinajstić information content (AvgIpc) is 3.42. The summed E-state index contributed by atoms with van der Waals surface area (Å²) in [5.41, 5.74) is 2.32. The molecule has 1 N–H and O–H groups in total. The van der Waals surface area contributed by atoms with Crippen LogP contribution in [0.4, 0.5) is 10.8 Å². The molecule has 4 rings (SSSR count). The van der Waals surface area contributed by atoms with Crippen molar-refractivity contribution in [3.8, 4) is 0 Å². The minimum Gasteiger partial charge on any atom is -0.384 e. The highest BCUT2D eigenvalue weighted by Crippen LogP contribution is 2.35. The molecule has 0 radical (unpaired) electrons. The molecule has 3 aromatic rings. The van der Waals surface area contributed by atoms with E-state index in [1.807, 2.05) is 43.3 Å². The fourth-order valence-corrected chi connectivity index (χ4v) is 5.47. The maximum Gasteiger partial charge on any atom is 0.258 e. The molecular formula is C23H23ClN4O3S2. The molecule has 2 aromatic carbocycles. The molecule has 0 aliphatic carbocycles. The zero-order valence-corrected chi connectivity index (χ0v) is 20.6. The Labute approximate surface area is 205 Å². The molecule has 0 bridgehead atoms. The van der Waals surface area contributed by atoms with Gasteiger partial charge in [-0.05, 0) is 36.8 Å². The molecule has 0 spiro atoms. The van der Waals surface area contributed by atoms with Crippen LogP contribution in [0.2, 0.25) is 5.02 Å². The number of amides is 2. The van der Waals surface area contributed by atoms with Gasteiger partial charge in [0.25, 0.3) is 5.91 Å². The van der Waals surface area contributed by atoms with Crippen LogP contribution in [0, 0.1) is 6.92 Å². The first-order valence-electron chi connectivity index (χ1n) is 10.4. The fourth-order valence-electron chi connectivity index (χ4n) is 3.50. The number of aromatic nitrogens is 2. The second kappa shape index (κ2) is 10.6. The number of hydrogen-bond donors (Lipinski definition) is 1. The van der Waals surface area contributed by atoms with Crippen molar-refractivity contribution in [1.29, 1.82) is 0 Å². The van der Waals surface area contributed by atoms with Crippen molar-refractivity contribution in [2.75, 3.05) is 36.2 Å². The van der Waals surface area contributed by atoms with E-state index in [0.717, 1.165) is 26.9 Å². The quantitative estimate of drug-likeness (QED) is 0.344. The predicted molar refractivity (Wildman–Crippen MR) is 133 cm³/mol. The Morgan fingerprint density at radius 2 is 2.12 bits per heavy atom. The summed E-state index contributed by atoms with van der Waals surface area (Å²) in [6, 6.07) is 13.0. The van der Waals surface area contributed by atoms with Gasteiger partial charge in [0.2, 0.25) is 11.0 Å². The summed E-state index contributed by atoms with van der Waals surface area (Å²) in [5, 5.41) is 13.0. The van der Waals surface area contributed by atoms with E-state index in [-0.39, 0.29) is 17.7 Å². The van der Waals surface area contributed by atoms with Gasteiger partial charge in [-0.2, -0.15) is 0 Å². The van der Waals surface area contributed by atoms with Crippen LogP contribution in [-0.2, 0) is 9.53 Å². The maximum atomic E-state index is 12.9.